The Morgan fingerprint density at radius 2 is 2.00 bits per heavy atom. The lowest BCUT2D eigenvalue weighted by molar-refractivity contribution is -0.104. The first kappa shape index (κ1) is 8.28. The van der Waals surface area contributed by atoms with Crippen LogP contribution >= 0.6 is 34.8 Å². The third-order valence-electron chi connectivity index (χ3n) is 0.514. The van der Waals surface area contributed by atoms with E-state index in [2.05, 4.69) is 0 Å². The van der Waals surface area contributed by atoms with Crippen molar-refractivity contribution in [2.75, 3.05) is 0 Å². The Balaban J connectivity index is 3.91. The van der Waals surface area contributed by atoms with Crippen LogP contribution in [-0.4, -0.2) is 11.1 Å². The van der Waals surface area contributed by atoms with Gasteiger partial charge >= 0.3 is 0 Å². The van der Waals surface area contributed by atoms with Gasteiger partial charge in [-0.15, -0.1) is 0 Å². The highest BCUT2D eigenvalue weighted by atomic mass is 35.5. The van der Waals surface area contributed by atoms with Crippen LogP contribution in [-0.2, 0) is 4.79 Å². The van der Waals surface area contributed by atoms with Gasteiger partial charge < -0.3 is 0 Å². The molecule has 0 aliphatic heterocycles. The van der Waals surface area contributed by atoms with Crippen LogP contribution in [0.3, 0.4) is 0 Å². The quantitative estimate of drug-likeness (QED) is 0.355. The van der Waals surface area contributed by atoms with E-state index in [1.165, 1.54) is 0 Å². The molecule has 0 N–H and O–H groups in total. The van der Waals surface area contributed by atoms with Crippen LogP contribution in [0.25, 0.3) is 0 Å². The van der Waals surface area contributed by atoms with Crippen molar-refractivity contribution >= 4 is 41.1 Å². The molecule has 0 unspecified atom stereocenters. The molecule has 0 aromatic heterocycles. The van der Waals surface area contributed by atoms with Crippen molar-refractivity contribution in [3.05, 3.63) is 11.1 Å². The zero-order valence-electron chi connectivity index (χ0n) is 3.77. The predicted molar refractivity (Wildman–Crippen MR) is 35.5 cm³/mol. The largest absolute Gasteiger partial charge is 0.298 e. The summed E-state index contributed by atoms with van der Waals surface area (Å²) in [5, 5.41) is 0. The molecule has 0 saturated carbocycles. The highest BCUT2D eigenvalue weighted by Crippen LogP contribution is 2.12. The highest BCUT2D eigenvalue weighted by molar-refractivity contribution is 6.48. The molecular weight excluding hydrogens is 170 g/mol. The first-order valence-corrected chi connectivity index (χ1v) is 3.07. The van der Waals surface area contributed by atoms with Crippen LogP contribution < -0.4 is 0 Å². The van der Waals surface area contributed by atoms with E-state index in [1.807, 2.05) is 0 Å². The van der Waals surface area contributed by atoms with Gasteiger partial charge in [0.1, 0.15) is 11.1 Å². The van der Waals surface area contributed by atoms with E-state index in [4.69, 9.17) is 34.8 Å². The molecule has 8 heavy (non-hydrogen) atoms. The van der Waals surface area contributed by atoms with Gasteiger partial charge in [0, 0.05) is 11.1 Å². The van der Waals surface area contributed by atoms with E-state index < -0.39 is 4.84 Å². The maximum Gasteiger partial charge on any atom is 0.149 e. The third-order valence-corrected chi connectivity index (χ3v) is 1.27. The molecule has 0 fully saturated rings. The van der Waals surface area contributed by atoms with Crippen LogP contribution in [0, 0.1) is 0 Å². The second-order valence-electron chi connectivity index (χ2n) is 1.03. The van der Waals surface area contributed by atoms with Gasteiger partial charge in [-0.2, -0.15) is 0 Å². The summed E-state index contributed by atoms with van der Waals surface area (Å²) in [5.41, 5.74) is 1.23. The lowest BCUT2D eigenvalue weighted by atomic mass is 10.4. The number of hydrogen-bond donors (Lipinski definition) is 0. The van der Waals surface area contributed by atoms with Crippen LogP contribution in [0.1, 0.15) is 0 Å². The van der Waals surface area contributed by atoms with Gasteiger partial charge in [-0.05, 0) is 0 Å². The summed E-state index contributed by atoms with van der Waals surface area (Å²) in [6, 6.07) is 0. The summed E-state index contributed by atoms with van der Waals surface area (Å²) in [7, 11) is 0. The fraction of sp³-hybridized carbons (Fsp3) is 0.250. The van der Waals surface area contributed by atoms with E-state index in [0.717, 1.165) is 5.54 Å². The van der Waals surface area contributed by atoms with Crippen molar-refractivity contribution in [2.24, 2.45) is 0 Å². The SMILES string of the molecule is O=C/C(=C\Cl)C(Cl)Cl. The number of carbonyl (C=O) groups is 1. The van der Waals surface area contributed by atoms with E-state index in [1.54, 1.807) is 0 Å². The molecule has 0 aliphatic carbocycles. The fourth-order valence-electron chi connectivity index (χ4n) is 0.125. The zero-order chi connectivity index (χ0) is 6.57. The van der Waals surface area contributed by atoms with Crippen LogP contribution in [0.4, 0.5) is 0 Å². The molecule has 0 radical (unpaired) electrons. The summed E-state index contributed by atoms with van der Waals surface area (Å²) in [6.45, 7) is 0. The molecule has 0 heterocycles. The molecule has 0 spiro atoms. The topological polar surface area (TPSA) is 17.1 Å². The monoisotopic (exact) mass is 172 g/mol. The predicted octanol–water partition coefficient (Wildman–Crippen LogP) is 2.11. The average molecular weight is 173 g/mol. The number of halogens is 3. The number of rotatable bonds is 2. The van der Waals surface area contributed by atoms with E-state index in [-0.39, 0.29) is 5.57 Å². The minimum absolute atomic E-state index is 0.176. The van der Waals surface area contributed by atoms with Crippen molar-refractivity contribution in [1.82, 2.24) is 0 Å². The van der Waals surface area contributed by atoms with Gasteiger partial charge in [0.25, 0.3) is 0 Å². The van der Waals surface area contributed by atoms with E-state index in [0.29, 0.717) is 6.29 Å². The Labute approximate surface area is 62.2 Å². The molecule has 0 atom stereocenters. The Kier molecular flexibility index (Phi) is 4.33. The van der Waals surface area contributed by atoms with Gasteiger partial charge in [-0.3, -0.25) is 4.79 Å². The second kappa shape index (κ2) is 4.19. The van der Waals surface area contributed by atoms with Crippen molar-refractivity contribution in [3.8, 4) is 0 Å². The minimum atomic E-state index is -0.815. The molecular formula is C4H3Cl3O. The number of carbonyl (C=O) groups excluding carboxylic acids is 1. The maximum atomic E-state index is 9.86. The Bertz CT molecular complexity index is 108. The van der Waals surface area contributed by atoms with Crippen LogP contribution in [0.15, 0.2) is 11.1 Å². The number of hydrogen-bond acceptors (Lipinski definition) is 1. The van der Waals surface area contributed by atoms with Gasteiger partial charge in [-0.1, -0.05) is 34.8 Å². The van der Waals surface area contributed by atoms with Gasteiger partial charge in [0.15, 0.2) is 0 Å². The van der Waals surface area contributed by atoms with Crippen molar-refractivity contribution in [1.29, 1.82) is 0 Å². The lowest BCUT2D eigenvalue weighted by Crippen LogP contribution is -1.92. The van der Waals surface area contributed by atoms with Gasteiger partial charge in [0.2, 0.25) is 0 Å². The minimum Gasteiger partial charge on any atom is -0.298 e. The number of alkyl halides is 2. The molecule has 4 heteroatoms. The van der Waals surface area contributed by atoms with Gasteiger partial charge in [0.05, 0.1) is 0 Å². The summed E-state index contributed by atoms with van der Waals surface area (Å²) < 4.78 is 0. The molecule has 0 bridgehead atoms. The lowest BCUT2D eigenvalue weighted by Gasteiger charge is -1.92. The van der Waals surface area contributed by atoms with Gasteiger partial charge in [-0.25, -0.2) is 0 Å². The fourth-order valence-corrected chi connectivity index (χ4v) is 0.660. The normalized spacial score (nSPS) is 12.2. The molecule has 0 aromatic carbocycles. The van der Waals surface area contributed by atoms with E-state index >= 15 is 0 Å². The molecule has 0 rings (SSSR count). The summed E-state index contributed by atoms with van der Waals surface area (Å²) in [6.07, 6.45) is 0.512. The molecule has 0 aromatic rings. The summed E-state index contributed by atoms with van der Waals surface area (Å²) in [5.74, 6) is 0. The number of aldehydes is 1. The van der Waals surface area contributed by atoms with Crippen molar-refractivity contribution in [3.63, 3.8) is 0 Å². The molecule has 0 aliphatic rings. The van der Waals surface area contributed by atoms with Crippen LogP contribution in [0.5, 0.6) is 0 Å². The standard InChI is InChI=1S/C4H3Cl3O/c5-1-3(2-8)4(6)7/h1-2,4H/b3-1+. The van der Waals surface area contributed by atoms with Crippen LogP contribution in [0.2, 0.25) is 0 Å². The third kappa shape index (κ3) is 2.55. The molecule has 0 amide bonds. The zero-order valence-corrected chi connectivity index (χ0v) is 6.04. The Morgan fingerprint density at radius 1 is 1.50 bits per heavy atom. The first-order valence-electron chi connectivity index (χ1n) is 1.76. The van der Waals surface area contributed by atoms with Crippen molar-refractivity contribution in [2.45, 2.75) is 4.84 Å². The summed E-state index contributed by atoms with van der Waals surface area (Å²) in [4.78, 5) is 9.04. The smallest absolute Gasteiger partial charge is 0.149 e. The molecule has 1 nitrogen and oxygen atoms in total. The maximum absolute atomic E-state index is 9.86. The molecule has 46 valence electrons. The first-order chi connectivity index (χ1) is 3.72. The highest BCUT2D eigenvalue weighted by Gasteiger charge is 2.03. The average Bonchev–Trinajstić information content (AvgIpc) is 1.69. The van der Waals surface area contributed by atoms with E-state index in [9.17, 15) is 4.79 Å². The summed E-state index contributed by atoms with van der Waals surface area (Å²) >= 11 is 15.6. The second-order valence-corrected chi connectivity index (χ2v) is 2.34. The number of allylic oxidation sites excluding steroid dienone is 1. The Morgan fingerprint density at radius 3 is 2.00 bits per heavy atom. The van der Waals surface area contributed by atoms with Crippen molar-refractivity contribution < 1.29 is 4.79 Å². The Hall–Kier alpha value is 0.280. The molecule has 0 saturated heterocycles.